The minimum Gasteiger partial charge on any atom is -0.381 e. The van der Waals surface area contributed by atoms with Crippen molar-refractivity contribution in [1.29, 1.82) is 5.26 Å². The van der Waals surface area contributed by atoms with Crippen LogP contribution in [0.4, 0.5) is 10.1 Å². The lowest BCUT2D eigenvalue weighted by Crippen LogP contribution is -2.18. The third-order valence-corrected chi connectivity index (χ3v) is 3.15. The number of nitriles is 1. The highest BCUT2D eigenvalue weighted by molar-refractivity contribution is 5.59. The van der Waals surface area contributed by atoms with Gasteiger partial charge in [0.15, 0.2) is 0 Å². The van der Waals surface area contributed by atoms with Gasteiger partial charge < -0.3 is 5.32 Å². The molecule has 20 heavy (non-hydrogen) atoms. The maximum absolute atomic E-state index is 12.9. The van der Waals surface area contributed by atoms with E-state index in [1.54, 1.807) is 12.1 Å². The lowest BCUT2D eigenvalue weighted by molar-refractivity contribution is 0.626. The fraction of sp³-hybridized carbons (Fsp3) is 0.235. The highest BCUT2D eigenvalue weighted by Gasteiger charge is 2.07. The summed E-state index contributed by atoms with van der Waals surface area (Å²) in [6, 6.07) is 14.6. The molecule has 2 aromatic rings. The normalized spacial score (nSPS) is 11.7. The Morgan fingerprint density at radius 3 is 2.55 bits per heavy atom. The van der Waals surface area contributed by atoms with Crippen LogP contribution in [0.1, 0.15) is 23.6 Å². The summed E-state index contributed by atoms with van der Waals surface area (Å²) in [5.41, 5.74) is 3.62. The molecule has 2 rings (SSSR count). The number of anilines is 1. The number of nitrogens with one attached hydrogen (secondary N) is 1. The molecule has 0 aliphatic rings. The van der Waals surface area contributed by atoms with E-state index in [1.807, 2.05) is 32.0 Å². The van der Waals surface area contributed by atoms with Crippen molar-refractivity contribution < 1.29 is 4.39 Å². The third kappa shape index (κ3) is 3.58. The first-order valence-corrected chi connectivity index (χ1v) is 6.60. The number of nitrogens with zero attached hydrogens (tertiary/aromatic N) is 1. The van der Waals surface area contributed by atoms with Gasteiger partial charge in [0.05, 0.1) is 11.3 Å². The topological polar surface area (TPSA) is 35.8 Å². The van der Waals surface area contributed by atoms with E-state index in [-0.39, 0.29) is 11.9 Å². The lowest BCUT2D eigenvalue weighted by Gasteiger charge is -2.16. The molecular formula is C17H17FN2. The van der Waals surface area contributed by atoms with Crippen LogP contribution in [0.15, 0.2) is 42.5 Å². The zero-order valence-electron chi connectivity index (χ0n) is 11.7. The summed E-state index contributed by atoms with van der Waals surface area (Å²) >= 11 is 0. The molecule has 0 aliphatic heterocycles. The van der Waals surface area contributed by atoms with Crippen LogP contribution < -0.4 is 5.32 Å². The van der Waals surface area contributed by atoms with E-state index < -0.39 is 0 Å². The molecular weight excluding hydrogens is 251 g/mol. The van der Waals surface area contributed by atoms with Crippen molar-refractivity contribution in [2.75, 3.05) is 5.32 Å². The Morgan fingerprint density at radius 2 is 1.90 bits per heavy atom. The van der Waals surface area contributed by atoms with E-state index in [4.69, 9.17) is 5.26 Å². The van der Waals surface area contributed by atoms with Crippen LogP contribution in [-0.4, -0.2) is 6.04 Å². The highest BCUT2D eigenvalue weighted by Crippen LogP contribution is 2.18. The Labute approximate surface area is 118 Å². The molecule has 0 aromatic heterocycles. The summed E-state index contributed by atoms with van der Waals surface area (Å²) < 4.78 is 12.9. The predicted octanol–water partition coefficient (Wildman–Crippen LogP) is 4.05. The van der Waals surface area contributed by atoms with Crippen LogP contribution in [0.2, 0.25) is 0 Å². The van der Waals surface area contributed by atoms with Crippen LogP contribution in [0.5, 0.6) is 0 Å². The fourth-order valence-corrected chi connectivity index (χ4v) is 2.17. The fourth-order valence-electron chi connectivity index (χ4n) is 2.17. The zero-order valence-corrected chi connectivity index (χ0v) is 11.7. The zero-order chi connectivity index (χ0) is 14.5. The average molecular weight is 268 g/mol. The molecule has 0 aliphatic carbocycles. The molecule has 1 atom stereocenters. The van der Waals surface area contributed by atoms with Crippen molar-refractivity contribution in [3.63, 3.8) is 0 Å². The molecule has 1 N–H and O–H groups in total. The minimum absolute atomic E-state index is 0.162. The highest BCUT2D eigenvalue weighted by atomic mass is 19.1. The Kier molecular flexibility index (Phi) is 4.37. The van der Waals surface area contributed by atoms with Crippen LogP contribution >= 0.6 is 0 Å². The van der Waals surface area contributed by atoms with Crippen molar-refractivity contribution in [2.24, 2.45) is 0 Å². The molecule has 0 amide bonds. The Morgan fingerprint density at radius 1 is 1.20 bits per heavy atom. The standard InChI is InChI=1S/C17H17FN2/c1-12-3-8-17(15(9-12)11-19)20-13(2)10-14-4-6-16(18)7-5-14/h3-9,13,20H,10H2,1-2H3. The van der Waals surface area contributed by atoms with Gasteiger partial charge in [-0.15, -0.1) is 0 Å². The number of hydrogen-bond donors (Lipinski definition) is 1. The predicted molar refractivity (Wildman–Crippen MR) is 79.1 cm³/mol. The molecule has 0 saturated heterocycles. The van der Waals surface area contributed by atoms with Gasteiger partial charge in [-0.25, -0.2) is 4.39 Å². The first kappa shape index (κ1) is 14.1. The van der Waals surface area contributed by atoms with E-state index in [1.165, 1.54) is 12.1 Å². The SMILES string of the molecule is Cc1ccc(NC(C)Cc2ccc(F)cc2)c(C#N)c1. The van der Waals surface area contributed by atoms with E-state index in [2.05, 4.69) is 11.4 Å². The second kappa shape index (κ2) is 6.21. The number of halogens is 1. The summed E-state index contributed by atoms with van der Waals surface area (Å²) in [6.45, 7) is 4.01. The van der Waals surface area contributed by atoms with Gasteiger partial charge in [0.1, 0.15) is 11.9 Å². The van der Waals surface area contributed by atoms with Crippen LogP contribution in [-0.2, 0) is 6.42 Å². The van der Waals surface area contributed by atoms with Gasteiger partial charge >= 0.3 is 0 Å². The number of benzene rings is 2. The molecule has 0 heterocycles. The van der Waals surface area contributed by atoms with Gasteiger partial charge in [0, 0.05) is 6.04 Å². The molecule has 0 radical (unpaired) electrons. The van der Waals surface area contributed by atoms with Crippen molar-refractivity contribution in [1.82, 2.24) is 0 Å². The Bertz CT molecular complexity index is 626. The van der Waals surface area contributed by atoms with E-state index >= 15 is 0 Å². The monoisotopic (exact) mass is 268 g/mol. The Hall–Kier alpha value is -2.34. The summed E-state index contributed by atoms with van der Waals surface area (Å²) in [5, 5.41) is 12.5. The van der Waals surface area contributed by atoms with E-state index in [9.17, 15) is 4.39 Å². The average Bonchev–Trinajstić information content (AvgIpc) is 2.43. The quantitative estimate of drug-likeness (QED) is 0.908. The third-order valence-electron chi connectivity index (χ3n) is 3.15. The van der Waals surface area contributed by atoms with Crippen molar-refractivity contribution in [2.45, 2.75) is 26.3 Å². The molecule has 0 spiro atoms. The first-order valence-electron chi connectivity index (χ1n) is 6.60. The molecule has 0 saturated carbocycles. The molecule has 2 aromatic carbocycles. The van der Waals surface area contributed by atoms with Gasteiger partial charge in [0.2, 0.25) is 0 Å². The molecule has 1 unspecified atom stereocenters. The summed E-state index contributed by atoms with van der Waals surface area (Å²) in [6.07, 6.45) is 0.777. The van der Waals surface area contributed by atoms with Crippen molar-refractivity contribution in [3.05, 3.63) is 65.0 Å². The van der Waals surface area contributed by atoms with E-state index in [0.29, 0.717) is 5.56 Å². The number of rotatable bonds is 4. The molecule has 102 valence electrons. The van der Waals surface area contributed by atoms with Gasteiger partial charge in [-0.05, 0) is 55.7 Å². The second-order valence-electron chi connectivity index (χ2n) is 5.04. The van der Waals surface area contributed by atoms with Crippen LogP contribution in [0.3, 0.4) is 0 Å². The minimum atomic E-state index is -0.223. The van der Waals surface area contributed by atoms with Crippen LogP contribution in [0.25, 0.3) is 0 Å². The molecule has 3 heteroatoms. The van der Waals surface area contributed by atoms with Gasteiger partial charge in [-0.1, -0.05) is 18.2 Å². The first-order chi connectivity index (χ1) is 9.58. The van der Waals surface area contributed by atoms with Crippen molar-refractivity contribution in [3.8, 4) is 6.07 Å². The summed E-state index contributed by atoms with van der Waals surface area (Å²) in [7, 11) is 0. The molecule has 0 bridgehead atoms. The van der Waals surface area contributed by atoms with Gasteiger partial charge in [-0.2, -0.15) is 5.26 Å². The van der Waals surface area contributed by atoms with Crippen molar-refractivity contribution >= 4 is 5.69 Å². The molecule has 0 fully saturated rings. The smallest absolute Gasteiger partial charge is 0.123 e. The van der Waals surface area contributed by atoms with E-state index in [0.717, 1.165) is 23.2 Å². The van der Waals surface area contributed by atoms with Crippen LogP contribution in [0, 0.1) is 24.1 Å². The number of hydrogen-bond acceptors (Lipinski definition) is 2. The van der Waals surface area contributed by atoms with Gasteiger partial charge in [-0.3, -0.25) is 0 Å². The second-order valence-corrected chi connectivity index (χ2v) is 5.04. The lowest BCUT2D eigenvalue weighted by atomic mass is 10.1. The Balaban J connectivity index is 2.06. The maximum atomic E-state index is 12.9. The largest absolute Gasteiger partial charge is 0.381 e. The van der Waals surface area contributed by atoms with Gasteiger partial charge in [0.25, 0.3) is 0 Å². The summed E-state index contributed by atoms with van der Waals surface area (Å²) in [5.74, 6) is -0.223. The summed E-state index contributed by atoms with van der Waals surface area (Å²) in [4.78, 5) is 0. The maximum Gasteiger partial charge on any atom is 0.123 e. The molecule has 2 nitrogen and oxygen atoms in total. The number of aryl methyl sites for hydroxylation is 1.